The van der Waals surface area contributed by atoms with Gasteiger partial charge in [0.15, 0.2) is 0 Å². The Morgan fingerprint density at radius 1 is 1.24 bits per heavy atom. The molecule has 1 aliphatic carbocycles. The van der Waals surface area contributed by atoms with Crippen molar-refractivity contribution in [1.29, 1.82) is 0 Å². The van der Waals surface area contributed by atoms with Crippen molar-refractivity contribution in [2.24, 2.45) is 5.92 Å². The van der Waals surface area contributed by atoms with Crippen molar-refractivity contribution < 1.29 is 4.79 Å². The van der Waals surface area contributed by atoms with Gasteiger partial charge in [-0.25, -0.2) is 4.98 Å². The third kappa shape index (κ3) is 3.44. The van der Waals surface area contributed by atoms with Crippen molar-refractivity contribution in [3.8, 4) is 5.69 Å². The van der Waals surface area contributed by atoms with Gasteiger partial charge in [0.1, 0.15) is 0 Å². The van der Waals surface area contributed by atoms with Crippen LogP contribution in [0.5, 0.6) is 0 Å². The monoisotopic (exact) mass is 351 g/mol. The van der Waals surface area contributed by atoms with Gasteiger partial charge in [-0.05, 0) is 41.7 Å². The molecule has 1 aliphatic rings. The van der Waals surface area contributed by atoms with Crippen LogP contribution in [0.25, 0.3) is 5.69 Å². The Hall–Kier alpha value is -2.59. The van der Waals surface area contributed by atoms with Crippen LogP contribution in [0.1, 0.15) is 23.5 Å². The molecule has 1 saturated carbocycles. The first kappa shape index (κ1) is 15.9. The third-order valence-corrected chi connectivity index (χ3v) is 4.87. The number of hydrogen-bond acceptors (Lipinski definition) is 2. The summed E-state index contributed by atoms with van der Waals surface area (Å²) in [6.07, 6.45) is 6.29. The number of imidazole rings is 1. The average molecular weight is 352 g/mol. The van der Waals surface area contributed by atoms with Crippen LogP contribution in [0.15, 0.2) is 67.3 Å². The molecule has 1 amide bonds. The van der Waals surface area contributed by atoms with E-state index in [0.717, 1.165) is 28.3 Å². The summed E-state index contributed by atoms with van der Waals surface area (Å²) in [6, 6.07) is 15.8. The van der Waals surface area contributed by atoms with Gasteiger partial charge in [-0.15, -0.1) is 0 Å². The molecule has 25 heavy (non-hydrogen) atoms. The van der Waals surface area contributed by atoms with Gasteiger partial charge in [0.05, 0.1) is 12.0 Å². The number of para-hydroxylation sites is 1. The minimum atomic E-state index is 0.0406. The summed E-state index contributed by atoms with van der Waals surface area (Å²) in [5.41, 5.74) is 3.24. The SMILES string of the molecule is O=C(NCc1ccccc1-n1ccnc1)[C@@H]1C[C@@H]1c1cccc(Cl)c1. The zero-order chi connectivity index (χ0) is 17.2. The number of nitrogens with one attached hydrogen (secondary N) is 1. The maximum atomic E-state index is 12.5. The average Bonchev–Trinajstić information content (AvgIpc) is 3.25. The van der Waals surface area contributed by atoms with Gasteiger partial charge in [0.25, 0.3) is 0 Å². The highest BCUT2D eigenvalue weighted by atomic mass is 35.5. The molecule has 0 bridgehead atoms. The summed E-state index contributed by atoms with van der Waals surface area (Å²) < 4.78 is 1.95. The summed E-state index contributed by atoms with van der Waals surface area (Å²) >= 11 is 6.04. The number of hydrogen-bond donors (Lipinski definition) is 1. The first-order valence-corrected chi connectivity index (χ1v) is 8.69. The summed E-state index contributed by atoms with van der Waals surface area (Å²) in [7, 11) is 0. The summed E-state index contributed by atoms with van der Waals surface area (Å²) in [6.45, 7) is 0.506. The molecule has 0 saturated heterocycles. The van der Waals surface area contributed by atoms with Crippen LogP contribution in [0.2, 0.25) is 5.02 Å². The van der Waals surface area contributed by atoms with E-state index in [1.54, 1.807) is 12.5 Å². The topological polar surface area (TPSA) is 46.9 Å². The van der Waals surface area contributed by atoms with Gasteiger partial charge < -0.3 is 9.88 Å². The van der Waals surface area contributed by atoms with E-state index in [1.165, 1.54) is 0 Å². The van der Waals surface area contributed by atoms with E-state index in [2.05, 4.69) is 10.3 Å². The number of carbonyl (C=O) groups excluding carboxylic acids is 1. The van der Waals surface area contributed by atoms with E-state index in [-0.39, 0.29) is 17.7 Å². The lowest BCUT2D eigenvalue weighted by molar-refractivity contribution is -0.122. The zero-order valence-electron chi connectivity index (χ0n) is 13.6. The molecule has 1 fully saturated rings. The van der Waals surface area contributed by atoms with Gasteiger partial charge in [-0.2, -0.15) is 0 Å². The molecule has 0 spiro atoms. The van der Waals surface area contributed by atoms with Crippen LogP contribution in [-0.4, -0.2) is 15.5 Å². The summed E-state index contributed by atoms with van der Waals surface area (Å²) in [5.74, 6) is 0.423. The van der Waals surface area contributed by atoms with Crippen LogP contribution >= 0.6 is 11.6 Å². The van der Waals surface area contributed by atoms with Crippen molar-refractivity contribution in [3.63, 3.8) is 0 Å². The molecule has 1 heterocycles. The second kappa shape index (κ2) is 6.73. The Balaban J connectivity index is 1.41. The Bertz CT molecular complexity index is 891. The Kier molecular flexibility index (Phi) is 4.28. The number of carbonyl (C=O) groups is 1. The highest BCUT2D eigenvalue weighted by Gasteiger charge is 2.43. The fourth-order valence-electron chi connectivity index (χ4n) is 3.22. The van der Waals surface area contributed by atoms with E-state index < -0.39 is 0 Å². The normalized spacial score (nSPS) is 18.8. The van der Waals surface area contributed by atoms with Crippen molar-refractivity contribution in [2.45, 2.75) is 18.9 Å². The molecular weight excluding hydrogens is 334 g/mol. The molecule has 4 rings (SSSR count). The van der Waals surface area contributed by atoms with Crippen LogP contribution in [0.3, 0.4) is 0 Å². The van der Waals surface area contributed by atoms with Gasteiger partial charge in [0, 0.05) is 29.9 Å². The predicted molar refractivity (Wildman–Crippen MR) is 97.7 cm³/mol. The van der Waals surface area contributed by atoms with E-state index in [1.807, 2.05) is 59.3 Å². The fraction of sp³-hybridized carbons (Fsp3) is 0.200. The first-order chi connectivity index (χ1) is 12.2. The predicted octanol–water partition coefficient (Wildman–Crippen LogP) is 3.95. The minimum absolute atomic E-state index is 0.0406. The highest BCUT2D eigenvalue weighted by Crippen LogP contribution is 2.47. The van der Waals surface area contributed by atoms with Gasteiger partial charge in [-0.3, -0.25) is 4.79 Å². The fourth-order valence-corrected chi connectivity index (χ4v) is 3.42. The molecule has 0 aliphatic heterocycles. The Morgan fingerprint density at radius 3 is 2.92 bits per heavy atom. The lowest BCUT2D eigenvalue weighted by Gasteiger charge is -2.11. The maximum absolute atomic E-state index is 12.5. The van der Waals surface area contributed by atoms with Crippen molar-refractivity contribution in [3.05, 3.63) is 83.4 Å². The van der Waals surface area contributed by atoms with Gasteiger partial charge in [0.2, 0.25) is 5.91 Å². The lowest BCUT2D eigenvalue weighted by atomic mass is 10.1. The summed E-state index contributed by atoms with van der Waals surface area (Å²) in [5, 5.41) is 3.79. The highest BCUT2D eigenvalue weighted by molar-refractivity contribution is 6.30. The van der Waals surface area contributed by atoms with Crippen LogP contribution < -0.4 is 5.32 Å². The van der Waals surface area contributed by atoms with Gasteiger partial charge >= 0.3 is 0 Å². The quantitative estimate of drug-likeness (QED) is 0.756. The van der Waals surface area contributed by atoms with E-state index in [4.69, 9.17) is 11.6 Å². The number of nitrogens with zero attached hydrogens (tertiary/aromatic N) is 2. The lowest BCUT2D eigenvalue weighted by Crippen LogP contribution is -2.25. The minimum Gasteiger partial charge on any atom is -0.352 e. The Morgan fingerprint density at radius 2 is 2.12 bits per heavy atom. The molecule has 2 atom stereocenters. The van der Waals surface area contributed by atoms with Gasteiger partial charge in [-0.1, -0.05) is 41.9 Å². The van der Waals surface area contributed by atoms with E-state index >= 15 is 0 Å². The molecular formula is C20H18ClN3O. The summed E-state index contributed by atoms with van der Waals surface area (Å²) in [4.78, 5) is 16.6. The third-order valence-electron chi connectivity index (χ3n) is 4.63. The molecule has 5 heteroatoms. The number of amides is 1. The van der Waals surface area contributed by atoms with Crippen LogP contribution in [0.4, 0.5) is 0 Å². The molecule has 4 nitrogen and oxygen atoms in total. The molecule has 3 aromatic rings. The van der Waals surface area contributed by atoms with E-state index in [0.29, 0.717) is 6.54 Å². The maximum Gasteiger partial charge on any atom is 0.224 e. The Labute approximate surface area is 151 Å². The second-order valence-electron chi connectivity index (χ2n) is 6.32. The van der Waals surface area contributed by atoms with E-state index in [9.17, 15) is 4.79 Å². The van der Waals surface area contributed by atoms with Crippen molar-refractivity contribution in [2.75, 3.05) is 0 Å². The first-order valence-electron chi connectivity index (χ1n) is 8.32. The molecule has 1 aromatic heterocycles. The van der Waals surface area contributed by atoms with Crippen molar-refractivity contribution >= 4 is 17.5 Å². The number of halogens is 1. The number of aromatic nitrogens is 2. The molecule has 126 valence electrons. The molecule has 0 unspecified atom stereocenters. The molecule has 0 radical (unpaired) electrons. The van der Waals surface area contributed by atoms with Crippen LogP contribution in [0, 0.1) is 5.92 Å². The molecule has 2 aromatic carbocycles. The zero-order valence-corrected chi connectivity index (χ0v) is 14.4. The second-order valence-corrected chi connectivity index (χ2v) is 6.76. The number of benzene rings is 2. The molecule has 1 N–H and O–H groups in total. The standard InChI is InChI=1S/C20H18ClN3O/c21-16-6-3-5-14(10-16)17-11-18(17)20(25)23-12-15-4-1-2-7-19(15)24-9-8-22-13-24/h1-10,13,17-18H,11-12H2,(H,23,25)/t17-,18-/m1/s1. The smallest absolute Gasteiger partial charge is 0.224 e. The van der Waals surface area contributed by atoms with Crippen LogP contribution in [-0.2, 0) is 11.3 Å². The largest absolute Gasteiger partial charge is 0.352 e. The number of rotatable bonds is 5. The van der Waals surface area contributed by atoms with Crippen molar-refractivity contribution in [1.82, 2.24) is 14.9 Å².